The second-order valence-corrected chi connectivity index (χ2v) is 7.32. The van der Waals surface area contributed by atoms with E-state index in [0.717, 1.165) is 27.2 Å². The second-order valence-electron chi connectivity index (χ2n) is 5.69. The number of nitrogens with zero attached hydrogens (tertiary/aromatic N) is 2. The molecule has 0 spiro atoms. The van der Waals surface area contributed by atoms with Gasteiger partial charge in [-0.25, -0.2) is 4.98 Å². The Labute approximate surface area is 121 Å². The van der Waals surface area contributed by atoms with Gasteiger partial charge in [-0.3, -0.25) is 0 Å². The van der Waals surface area contributed by atoms with Crippen LogP contribution in [0, 0.1) is 12.8 Å². The first-order valence-electron chi connectivity index (χ1n) is 6.43. The van der Waals surface area contributed by atoms with Gasteiger partial charge in [0.15, 0.2) is 0 Å². The predicted octanol–water partition coefficient (Wildman–Crippen LogP) is 3.76. The van der Waals surface area contributed by atoms with E-state index in [4.69, 9.17) is 5.73 Å². The third-order valence-electron chi connectivity index (χ3n) is 3.59. The van der Waals surface area contributed by atoms with E-state index in [1.165, 1.54) is 24.4 Å². The topological polar surface area (TPSA) is 63.8 Å². The first-order chi connectivity index (χ1) is 8.97. The molecule has 6 heteroatoms. The van der Waals surface area contributed by atoms with Crippen LogP contribution in [0.25, 0.3) is 10.6 Å². The van der Waals surface area contributed by atoms with E-state index in [0.29, 0.717) is 5.82 Å². The number of hydrogen-bond acceptors (Lipinski definition) is 6. The van der Waals surface area contributed by atoms with Crippen LogP contribution in [0.2, 0.25) is 0 Å². The highest BCUT2D eigenvalue weighted by atomic mass is 32.1. The van der Waals surface area contributed by atoms with Crippen LogP contribution in [-0.2, 0) is 0 Å². The van der Waals surface area contributed by atoms with E-state index in [9.17, 15) is 0 Å². The molecule has 1 aliphatic carbocycles. The summed E-state index contributed by atoms with van der Waals surface area (Å²) in [6.07, 6.45) is 2.61. The molecule has 0 aromatic carbocycles. The zero-order valence-electron chi connectivity index (χ0n) is 11.4. The highest BCUT2D eigenvalue weighted by Gasteiger charge is 2.38. The Balaban J connectivity index is 1.94. The van der Waals surface area contributed by atoms with Crippen LogP contribution in [0.4, 0.5) is 10.8 Å². The zero-order chi connectivity index (χ0) is 13.6. The van der Waals surface area contributed by atoms with Crippen LogP contribution < -0.4 is 11.1 Å². The van der Waals surface area contributed by atoms with Gasteiger partial charge in [-0.05, 0) is 51.1 Å². The van der Waals surface area contributed by atoms with Gasteiger partial charge in [0.1, 0.15) is 15.8 Å². The lowest BCUT2D eigenvalue weighted by Crippen LogP contribution is -2.33. The standard InChI is InChI=1S/C13H18N4S2/c1-7-6-18-11(15-7)9-10(14)17-19-12(9)16-13(2,3)8-4-5-8/h6,8,16H,4-5H2,1-3H3,(H2,14,17). The summed E-state index contributed by atoms with van der Waals surface area (Å²) in [4.78, 5) is 4.53. The molecule has 4 nitrogen and oxygen atoms in total. The molecule has 0 saturated heterocycles. The number of nitrogen functional groups attached to an aromatic ring is 1. The summed E-state index contributed by atoms with van der Waals surface area (Å²) in [6.45, 7) is 6.49. The number of nitrogens with one attached hydrogen (secondary N) is 1. The van der Waals surface area contributed by atoms with Crippen molar-refractivity contribution >= 4 is 33.7 Å². The molecule has 0 aliphatic heterocycles. The lowest BCUT2D eigenvalue weighted by Gasteiger charge is -2.26. The Morgan fingerprint density at radius 2 is 2.16 bits per heavy atom. The van der Waals surface area contributed by atoms with Crippen molar-refractivity contribution < 1.29 is 0 Å². The number of nitrogens with two attached hydrogens (primary N) is 1. The highest BCUT2D eigenvalue weighted by molar-refractivity contribution is 7.15. The van der Waals surface area contributed by atoms with Gasteiger partial charge >= 0.3 is 0 Å². The van der Waals surface area contributed by atoms with Crippen LogP contribution in [0.15, 0.2) is 5.38 Å². The van der Waals surface area contributed by atoms with Gasteiger partial charge in [-0.2, -0.15) is 4.37 Å². The van der Waals surface area contributed by atoms with Crippen LogP contribution in [0.3, 0.4) is 0 Å². The first kappa shape index (κ1) is 12.9. The SMILES string of the molecule is Cc1csc(-c2c(N)nsc2NC(C)(C)C2CC2)n1. The lowest BCUT2D eigenvalue weighted by atomic mass is 9.99. The minimum Gasteiger partial charge on any atom is -0.382 e. The van der Waals surface area contributed by atoms with Gasteiger partial charge in [0.25, 0.3) is 0 Å². The number of aryl methyl sites for hydroxylation is 1. The Bertz CT molecular complexity index is 596. The van der Waals surface area contributed by atoms with Gasteiger partial charge in [0.05, 0.1) is 5.56 Å². The van der Waals surface area contributed by atoms with Crippen molar-refractivity contribution in [1.82, 2.24) is 9.36 Å². The molecule has 1 fully saturated rings. The Morgan fingerprint density at radius 1 is 1.42 bits per heavy atom. The molecule has 3 N–H and O–H groups in total. The molecule has 2 aromatic rings. The van der Waals surface area contributed by atoms with E-state index >= 15 is 0 Å². The first-order valence-corrected chi connectivity index (χ1v) is 8.08. The van der Waals surface area contributed by atoms with E-state index in [1.54, 1.807) is 11.3 Å². The number of thiazole rings is 1. The molecule has 0 amide bonds. The lowest BCUT2D eigenvalue weighted by molar-refractivity contribution is 0.496. The molecular weight excluding hydrogens is 276 g/mol. The summed E-state index contributed by atoms with van der Waals surface area (Å²) in [5.41, 5.74) is 8.11. The molecule has 2 aromatic heterocycles. The Kier molecular flexibility index (Phi) is 3.02. The van der Waals surface area contributed by atoms with Crippen LogP contribution in [0.1, 0.15) is 32.4 Å². The smallest absolute Gasteiger partial charge is 0.149 e. The molecule has 0 radical (unpaired) electrons. The predicted molar refractivity (Wildman–Crippen MR) is 82.8 cm³/mol. The van der Waals surface area contributed by atoms with Crippen molar-refractivity contribution in [3.8, 4) is 10.6 Å². The average Bonchev–Trinajstić information content (AvgIpc) is 3.04. The summed E-state index contributed by atoms with van der Waals surface area (Å²) in [7, 11) is 0. The summed E-state index contributed by atoms with van der Waals surface area (Å²) in [5.74, 6) is 1.33. The maximum atomic E-state index is 6.02. The molecule has 2 heterocycles. The summed E-state index contributed by atoms with van der Waals surface area (Å²) >= 11 is 3.05. The van der Waals surface area contributed by atoms with Gasteiger partial charge in [0.2, 0.25) is 0 Å². The molecule has 19 heavy (non-hydrogen) atoms. The van der Waals surface area contributed by atoms with E-state index < -0.39 is 0 Å². The number of anilines is 2. The molecule has 102 valence electrons. The minimum atomic E-state index is 0.0972. The normalized spacial score (nSPS) is 15.7. The van der Waals surface area contributed by atoms with Gasteiger partial charge in [-0.15, -0.1) is 11.3 Å². The van der Waals surface area contributed by atoms with E-state index in [2.05, 4.69) is 28.5 Å². The van der Waals surface area contributed by atoms with Crippen LogP contribution in [-0.4, -0.2) is 14.9 Å². The number of rotatable bonds is 4. The molecule has 0 unspecified atom stereocenters. The van der Waals surface area contributed by atoms with Gasteiger partial charge in [0, 0.05) is 16.6 Å². The zero-order valence-corrected chi connectivity index (χ0v) is 13.0. The molecule has 0 atom stereocenters. The largest absolute Gasteiger partial charge is 0.382 e. The van der Waals surface area contributed by atoms with Crippen LogP contribution in [0.5, 0.6) is 0 Å². The van der Waals surface area contributed by atoms with Crippen molar-refractivity contribution in [2.45, 2.75) is 39.2 Å². The van der Waals surface area contributed by atoms with Crippen molar-refractivity contribution in [3.63, 3.8) is 0 Å². The average molecular weight is 294 g/mol. The molecule has 1 saturated carbocycles. The Morgan fingerprint density at radius 3 is 2.74 bits per heavy atom. The highest BCUT2D eigenvalue weighted by Crippen LogP contribution is 2.45. The second kappa shape index (κ2) is 4.45. The Hall–Kier alpha value is -1.14. The van der Waals surface area contributed by atoms with E-state index in [-0.39, 0.29) is 5.54 Å². The molecule has 0 bridgehead atoms. The maximum absolute atomic E-state index is 6.02. The van der Waals surface area contributed by atoms with E-state index in [1.807, 2.05) is 12.3 Å². The summed E-state index contributed by atoms with van der Waals surface area (Å²) in [6, 6.07) is 0. The van der Waals surface area contributed by atoms with Gasteiger partial charge in [-0.1, -0.05) is 0 Å². The van der Waals surface area contributed by atoms with Crippen molar-refractivity contribution in [3.05, 3.63) is 11.1 Å². The summed E-state index contributed by atoms with van der Waals surface area (Å²) < 4.78 is 4.29. The fraction of sp³-hybridized carbons (Fsp3) is 0.538. The number of hydrogen-bond donors (Lipinski definition) is 2. The van der Waals surface area contributed by atoms with Crippen molar-refractivity contribution in [2.75, 3.05) is 11.1 Å². The molecular formula is C13H18N4S2. The molecule has 1 aliphatic rings. The van der Waals surface area contributed by atoms with Gasteiger partial charge < -0.3 is 11.1 Å². The third kappa shape index (κ3) is 2.47. The van der Waals surface area contributed by atoms with Crippen LogP contribution >= 0.6 is 22.9 Å². The fourth-order valence-corrected chi connectivity index (χ4v) is 4.07. The molecule has 3 rings (SSSR count). The number of aromatic nitrogens is 2. The summed E-state index contributed by atoms with van der Waals surface area (Å²) in [5, 5.41) is 7.67. The maximum Gasteiger partial charge on any atom is 0.149 e. The monoisotopic (exact) mass is 294 g/mol. The fourth-order valence-electron chi connectivity index (χ4n) is 2.26. The minimum absolute atomic E-state index is 0.0972. The third-order valence-corrected chi connectivity index (χ3v) is 5.34. The van der Waals surface area contributed by atoms with Crippen molar-refractivity contribution in [1.29, 1.82) is 0 Å². The quantitative estimate of drug-likeness (QED) is 0.901. The van der Waals surface area contributed by atoms with Crippen molar-refractivity contribution in [2.24, 2.45) is 5.92 Å².